The maximum atomic E-state index is 5.13. The summed E-state index contributed by atoms with van der Waals surface area (Å²) in [5.74, 6) is 0. The Balaban J connectivity index is 1.26. The minimum Gasteiger partial charge on any atom is -0.253 e. The summed E-state index contributed by atoms with van der Waals surface area (Å²) in [7, 11) is 0. The van der Waals surface area contributed by atoms with E-state index < -0.39 is 0 Å². The van der Waals surface area contributed by atoms with Gasteiger partial charge in [0, 0.05) is 27.9 Å². The van der Waals surface area contributed by atoms with Gasteiger partial charge in [0.2, 0.25) is 0 Å². The molecule has 2 heterocycles. The Morgan fingerprint density at radius 3 is 1.90 bits per heavy atom. The highest BCUT2D eigenvalue weighted by Gasteiger charge is 2.16. The van der Waals surface area contributed by atoms with Gasteiger partial charge in [0.25, 0.3) is 0 Å². The van der Waals surface area contributed by atoms with Crippen LogP contribution < -0.4 is 0 Å². The lowest BCUT2D eigenvalue weighted by atomic mass is 9.89. The zero-order valence-electron chi connectivity index (χ0n) is 21.6. The van der Waals surface area contributed by atoms with Crippen LogP contribution in [-0.4, -0.2) is 9.97 Å². The molecule has 0 saturated heterocycles. The third-order valence-electron chi connectivity index (χ3n) is 8.43. The van der Waals surface area contributed by atoms with Crippen molar-refractivity contribution < 1.29 is 0 Å². The second-order valence-electron chi connectivity index (χ2n) is 10.6. The SMILES string of the molecule is c1ccc2c(c1)cnc1c(-c3ccc(-c4ccc5ccc6cccc7ccc4c5c67)cc3)nc3ccccc3c12. The largest absolute Gasteiger partial charge is 0.253 e. The first-order valence-corrected chi connectivity index (χ1v) is 13.7. The fraction of sp³-hybridized carbons (Fsp3) is 0. The van der Waals surface area contributed by atoms with E-state index in [2.05, 4.69) is 127 Å². The number of rotatable bonds is 2. The van der Waals surface area contributed by atoms with Crippen molar-refractivity contribution in [3.05, 3.63) is 134 Å². The summed E-state index contributed by atoms with van der Waals surface area (Å²) < 4.78 is 0. The van der Waals surface area contributed by atoms with Gasteiger partial charge in [0.05, 0.1) is 16.7 Å². The molecule has 0 aliphatic carbocycles. The minimum absolute atomic E-state index is 0.918. The fourth-order valence-electron chi connectivity index (χ4n) is 6.57. The maximum absolute atomic E-state index is 5.13. The number of benzene rings is 7. The third kappa shape index (κ3) is 2.99. The molecule has 40 heavy (non-hydrogen) atoms. The van der Waals surface area contributed by atoms with Crippen molar-refractivity contribution in [1.82, 2.24) is 9.97 Å². The molecule has 0 saturated carbocycles. The van der Waals surface area contributed by atoms with Crippen LogP contribution in [0, 0.1) is 0 Å². The summed E-state index contributed by atoms with van der Waals surface area (Å²) in [6.07, 6.45) is 1.97. The first-order valence-electron chi connectivity index (χ1n) is 13.7. The van der Waals surface area contributed by atoms with Crippen molar-refractivity contribution in [3.8, 4) is 22.4 Å². The summed E-state index contributed by atoms with van der Waals surface area (Å²) in [5, 5.41) is 12.5. The number of fused-ring (bicyclic) bond motifs is 5. The number of hydrogen-bond acceptors (Lipinski definition) is 2. The summed E-state index contributed by atoms with van der Waals surface area (Å²) in [6, 6.07) is 45.8. The molecule has 0 aliphatic heterocycles. The molecule has 2 aromatic heterocycles. The molecular formula is C38H22N2. The van der Waals surface area contributed by atoms with E-state index in [4.69, 9.17) is 9.97 Å². The van der Waals surface area contributed by atoms with Gasteiger partial charge in [-0.15, -0.1) is 0 Å². The lowest BCUT2D eigenvalue weighted by molar-refractivity contribution is 1.37. The van der Waals surface area contributed by atoms with Crippen LogP contribution in [-0.2, 0) is 0 Å². The van der Waals surface area contributed by atoms with Gasteiger partial charge in [-0.05, 0) is 54.9 Å². The summed E-state index contributed by atoms with van der Waals surface area (Å²) in [5.41, 5.74) is 6.36. The van der Waals surface area contributed by atoms with E-state index in [0.717, 1.165) is 38.4 Å². The molecule has 0 N–H and O–H groups in total. The molecule has 9 rings (SSSR count). The predicted molar refractivity (Wildman–Crippen MR) is 169 cm³/mol. The van der Waals surface area contributed by atoms with Crippen LogP contribution in [0.15, 0.2) is 134 Å². The van der Waals surface area contributed by atoms with Gasteiger partial charge >= 0.3 is 0 Å². The molecule has 0 radical (unpaired) electrons. The van der Waals surface area contributed by atoms with Gasteiger partial charge in [0.1, 0.15) is 0 Å². The van der Waals surface area contributed by atoms with Crippen molar-refractivity contribution in [1.29, 1.82) is 0 Å². The molecule has 184 valence electrons. The summed E-state index contributed by atoms with van der Waals surface area (Å²) in [6.45, 7) is 0. The summed E-state index contributed by atoms with van der Waals surface area (Å²) in [4.78, 5) is 10.1. The lowest BCUT2D eigenvalue weighted by Crippen LogP contribution is -1.93. The first kappa shape index (κ1) is 21.6. The maximum Gasteiger partial charge on any atom is 0.0978 e. The van der Waals surface area contributed by atoms with Crippen molar-refractivity contribution in [3.63, 3.8) is 0 Å². The molecule has 0 spiro atoms. The molecule has 0 aliphatic rings. The average Bonchev–Trinajstić information content (AvgIpc) is 3.03. The smallest absolute Gasteiger partial charge is 0.0978 e. The van der Waals surface area contributed by atoms with E-state index in [1.807, 2.05) is 6.20 Å². The average molecular weight is 507 g/mol. The van der Waals surface area contributed by atoms with Crippen LogP contribution in [0.4, 0.5) is 0 Å². The zero-order valence-corrected chi connectivity index (χ0v) is 21.6. The normalized spacial score (nSPS) is 12.0. The van der Waals surface area contributed by atoms with E-state index in [1.54, 1.807) is 0 Å². The van der Waals surface area contributed by atoms with Crippen molar-refractivity contribution in [2.75, 3.05) is 0 Å². The third-order valence-corrected chi connectivity index (χ3v) is 8.43. The monoisotopic (exact) mass is 506 g/mol. The van der Waals surface area contributed by atoms with Crippen molar-refractivity contribution in [2.24, 2.45) is 0 Å². The van der Waals surface area contributed by atoms with E-state index in [9.17, 15) is 0 Å². The van der Waals surface area contributed by atoms with Gasteiger partial charge < -0.3 is 0 Å². The van der Waals surface area contributed by atoms with Crippen molar-refractivity contribution >= 4 is 64.9 Å². The highest BCUT2D eigenvalue weighted by atomic mass is 14.8. The fourth-order valence-corrected chi connectivity index (χ4v) is 6.57. The van der Waals surface area contributed by atoms with Gasteiger partial charge in [0.15, 0.2) is 0 Å². The molecule has 2 heteroatoms. The van der Waals surface area contributed by atoms with Crippen molar-refractivity contribution in [2.45, 2.75) is 0 Å². The molecule has 0 amide bonds. The second kappa shape index (κ2) is 8.08. The molecule has 2 nitrogen and oxygen atoms in total. The lowest BCUT2D eigenvalue weighted by Gasteiger charge is -2.15. The first-order chi connectivity index (χ1) is 19.8. The van der Waals surface area contributed by atoms with Crippen LogP contribution in [0.3, 0.4) is 0 Å². The van der Waals surface area contributed by atoms with E-state index in [0.29, 0.717) is 0 Å². The Kier molecular flexibility index (Phi) is 4.36. The van der Waals surface area contributed by atoms with Gasteiger partial charge in [-0.2, -0.15) is 0 Å². The Labute approximate surface area is 230 Å². The van der Waals surface area contributed by atoms with Crippen LogP contribution in [0.25, 0.3) is 87.3 Å². The van der Waals surface area contributed by atoms with Gasteiger partial charge in [-0.3, -0.25) is 4.98 Å². The van der Waals surface area contributed by atoms with Gasteiger partial charge in [-0.25, -0.2) is 4.98 Å². The Morgan fingerprint density at radius 1 is 0.400 bits per heavy atom. The minimum atomic E-state index is 0.918. The highest BCUT2D eigenvalue weighted by Crippen LogP contribution is 2.40. The van der Waals surface area contributed by atoms with Crippen LogP contribution in [0.1, 0.15) is 0 Å². The second-order valence-corrected chi connectivity index (χ2v) is 10.6. The van der Waals surface area contributed by atoms with Crippen LogP contribution >= 0.6 is 0 Å². The van der Waals surface area contributed by atoms with Crippen LogP contribution in [0.2, 0.25) is 0 Å². The molecule has 0 fully saturated rings. The number of nitrogens with zero attached hydrogens (tertiary/aromatic N) is 2. The Bertz CT molecular complexity index is 2390. The predicted octanol–water partition coefficient (Wildman–Crippen LogP) is 10.2. The van der Waals surface area contributed by atoms with Crippen LogP contribution in [0.5, 0.6) is 0 Å². The molecule has 0 atom stereocenters. The quantitative estimate of drug-likeness (QED) is 0.218. The number of para-hydroxylation sites is 1. The van der Waals surface area contributed by atoms with E-state index in [1.165, 1.54) is 48.8 Å². The van der Waals surface area contributed by atoms with E-state index in [-0.39, 0.29) is 0 Å². The standard InChI is InChI=1S/C38H22N2/c1-2-9-30-28(6-1)22-39-38-36(30)32-10-3-4-11-33(32)40-37(38)27-16-12-23(13-17-27)29-20-18-26-15-14-24-7-5-8-25-19-21-31(29)35(26)34(24)25/h1-22H. The molecular weight excluding hydrogens is 484 g/mol. The topological polar surface area (TPSA) is 25.8 Å². The molecule has 0 bridgehead atoms. The number of pyridine rings is 2. The molecule has 0 unspecified atom stereocenters. The Morgan fingerprint density at radius 2 is 1.05 bits per heavy atom. The molecule has 9 aromatic rings. The number of aromatic nitrogens is 2. The Hall–Kier alpha value is -5.34. The number of hydrogen-bond donors (Lipinski definition) is 0. The van der Waals surface area contributed by atoms with E-state index >= 15 is 0 Å². The van der Waals surface area contributed by atoms with Gasteiger partial charge in [-0.1, -0.05) is 121 Å². The molecule has 7 aromatic carbocycles. The summed E-state index contributed by atoms with van der Waals surface area (Å²) >= 11 is 0. The highest BCUT2D eigenvalue weighted by molar-refractivity contribution is 6.25. The zero-order chi connectivity index (χ0) is 26.2.